The molecule has 3 aromatic rings. The Morgan fingerprint density at radius 3 is 2.67 bits per heavy atom. The number of amides is 1. The smallest absolute Gasteiger partial charge is 0.338 e. The average molecular weight is 594 g/mol. The number of sulfone groups is 1. The van der Waals surface area contributed by atoms with Crippen LogP contribution in [0.5, 0.6) is 0 Å². The highest BCUT2D eigenvalue weighted by atomic mass is 79.9. The van der Waals surface area contributed by atoms with Gasteiger partial charge in [-0.05, 0) is 65.9 Å². The van der Waals surface area contributed by atoms with E-state index in [2.05, 4.69) is 26.2 Å². The Morgan fingerprint density at radius 2 is 1.92 bits per heavy atom. The first kappa shape index (κ1) is 26.5. The van der Waals surface area contributed by atoms with Crippen LogP contribution in [-0.2, 0) is 25.9 Å². The summed E-state index contributed by atoms with van der Waals surface area (Å²) in [4.78, 5) is 29.2. The largest absolute Gasteiger partial charge is 0.462 e. The van der Waals surface area contributed by atoms with Gasteiger partial charge in [-0.2, -0.15) is 0 Å². The lowest BCUT2D eigenvalue weighted by atomic mass is 10.2. The van der Waals surface area contributed by atoms with E-state index in [0.29, 0.717) is 6.61 Å². The zero-order valence-corrected chi connectivity index (χ0v) is 22.7. The molecule has 0 spiro atoms. The molecule has 2 atom stereocenters. The molecule has 0 aliphatic heterocycles. The SMILES string of the molecule is CCOC(=O)c1cccc(S(=O)(=O)c2nc(Br)c(C(=O)N[C@H]3CCC[C@@H]3OCc3ccccc3)s2)c1. The summed E-state index contributed by atoms with van der Waals surface area (Å²) in [6, 6.07) is 15.2. The minimum absolute atomic E-state index is 0.105. The van der Waals surface area contributed by atoms with Crippen LogP contribution >= 0.6 is 27.3 Å². The Bertz CT molecular complexity index is 1340. The maximum Gasteiger partial charge on any atom is 0.338 e. The molecule has 1 fully saturated rings. The normalized spacial score (nSPS) is 17.6. The maximum absolute atomic E-state index is 13.2. The van der Waals surface area contributed by atoms with Gasteiger partial charge in [-0.15, -0.1) is 0 Å². The number of esters is 1. The number of hydrogen-bond acceptors (Lipinski definition) is 8. The van der Waals surface area contributed by atoms with Gasteiger partial charge in [-0.25, -0.2) is 18.2 Å². The van der Waals surface area contributed by atoms with Crippen molar-refractivity contribution in [3.8, 4) is 0 Å². The zero-order valence-electron chi connectivity index (χ0n) is 19.5. The molecule has 1 saturated carbocycles. The van der Waals surface area contributed by atoms with Gasteiger partial charge in [0, 0.05) is 0 Å². The molecule has 1 aromatic heterocycles. The number of carbonyl (C=O) groups excluding carboxylic acids is 2. The third kappa shape index (κ3) is 6.03. The quantitative estimate of drug-likeness (QED) is 0.356. The molecule has 11 heteroatoms. The summed E-state index contributed by atoms with van der Waals surface area (Å²) in [6.45, 7) is 2.30. The third-order valence-electron chi connectivity index (χ3n) is 5.73. The van der Waals surface area contributed by atoms with Crippen LogP contribution in [0.2, 0.25) is 0 Å². The highest BCUT2D eigenvalue weighted by molar-refractivity contribution is 9.10. The summed E-state index contributed by atoms with van der Waals surface area (Å²) in [5.41, 5.74) is 1.18. The van der Waals surface area contributed by atoms with Crippen molar-refractivity contribution in [1.29, 1.82) is 0 Å². The number of nitrogens with zero attached hydrogens (tertiary/aromatic N) is 1. The van der Waals surface area contributed by atoms with Crippen molar-refractivity contribution < 1.29 is 27.5 Å². The summed E-state index contributed by atoms with van der Waals surface area (Å²) in [6.07, 6.45) is 2.39. The summed E-state index contributed by atoms with van der Waals surface area (Å²) in [5.74, 6) is -1.03. The van der Waals surface area contributed by atoms with E-state index in [1.165, 1.54) is 24.3 Å². The van der Waals surface area contributed by atoms with Gasteiger partial charge in [-0.3, -0.25) is 4.79 Å². The molecule has 0 radical (unpaired) electrons. The number of aromatic nitrogens is 1. The summed E-state index contributed by atoms with van der Waals surface area (Å²) < 4.78 is 37.3. The van der Waals surface area contributed by atoms with Crippen LogP contribution in [-0.4, -0.2) is 44.0 Å². The second-order valence-corrected chi connectivity index (χ2v) is 12.1. The van der Waals surface area contributed by atoms with E-state index in [-0.39, 0.29) is 43.0 Å². The molecule has 4 rings (SSSR count). The van der Waals surface area contributed by atoms with Gasteiger partial charge in [0.05, 0.1) is 35.8 Å². The number of carbonyl (C=O) groups is 2. The fourth-order valence-electron chi connectivity index (χ4n) is 3.95. The molecule has 8 nitrogen and oxygen atoms in total. The number of nitrogens with one attached hydrogen (secondary N) is 1. The van der Waals surface area contributed by atoms with Crippen LogP contribution in [0.15, 0.2) is 68.4 Å². The molecule has 0 unspecified atom stereocenters. The van der Waals surface area contributed by atoms with Gasteiger partial charge >= 0.3 is 5.97 Å². The Kier molecular flexibility index (Phi) is 8.55. The molecule has 1 N–H and O–H groups in total. The van der Waals surface area contributed by atoms with Crippen molar-refractivity contribution in [2.45, 2.75) is 54.2 Å². The van der Waals surface area contributed by atoms with Crippen molar-refractivity contribution in [3.05, 3.63) is 75.2 Å². The molecule has 1 aliphatic rings. The zero-order chi connectivity index (χ0) is 25.7. The van der Waals surface area contributed by atoms with Crippen LogP contribution < -0.4 is 5.32 Å². The average Bonchev–Trinajstić information content (AvgIpc) is 3.50. The second kappa shape index (κ2) is 11.6. The number of ether oxygens (including phenoxy) is 2. The van der Waals surface area contributed by atoms with E-state index in [0.717, 1.165) is 36.2 Å². The Morgan fingerprint density at radius 1 is 1.14 bits per heavy atom. The van der Waals surface area contributed by atoms with Gasteiger partial charge in [0.25, 0.3) is 5.91 Å². The summed E-state index contributed by atoms with van der Waals surface area (Å²) in [7, 11) is -4.06. The third-order valence-corrected chi connectivity index (χ3v) is 9.75. The minimum Gasteiger partial charge on any atom is -0.462 e. The topological polar surface area (TPSA) is 112 Å². The fourth-order valence-corrected chi connectivity index (χ4v) is 7.30. The van der Waals surface area contributed by atoms with E-state index in [4.69, 9.17) is 9.47 Å². The lowest BCUT2D eigenvalue weighted by molar-refractivity contribution is 0.0272. The first-order valence-electron chi connectivity index (χ1n) is 11.4. The van der Waals surface area contributed by atoms with E-state index >= 15 is 0 Å². The first-order chi connectivity index (χ1) is 17.3. The van der Waals surface area contributed by atoms with Gasteiger partial charge in [-0.1, -0.05) is 47.7 Å². The maximum atomic E-state index is 13.2. The highest BCUT2D eigenvalue weighted by Crippen LogP contribution is 2.32. The Labute approximate surface area is 222 Å². The van der Waals surface area contributed by atoms with Crippen LogP contribution in [0.4, 0.5) is 0 Å². The molecule has 190 valence electrons. The van der Waals surface area contributed by atoms with Gasteiger partial charge < -0.3 is 14.8 Å². The molecule has 2 aromatic carbocycles. The minimum atomic E-state index is -4.06. The molecule has 36 heavy (non-hydrogen) atoms. The van der Waals surface area contributed by atoms with Crippen LogP contribution in [0.3, 0.4) is 0 Å². The van der Waals surface area contributed by atoms with Crippen molar-refractivity contribution in [2.24, 2.45) is 0 Å². The van der Waals surface area contributed by atoms with E-state index in [1.807, 2.05) is 30.3 Å². The monoisotopic (exact) mass is 592 g/mol. The lowest BCUT2D eigenvalue weighted by Crippen LogP contribution is -2.40. The number of halogens is 1. The number of benzene rings is 2. The Hall–Kier alpha value is -2.60. The summed E-state index contributed by atoms with van der Waals surface area (Å²) >= 11 is 4.01. The number of thiazole rings is 1. The highest BCUT2D eigenvalue weighted by Gasteiger charge is 2.32. The van der Waals surface area contributed by atoms with Gasteiger partial charge in [0.15, 0.2) is 0 Å². The second-order valence-electron chi connectivity index (χ2n) is 8.20. The van der Waals surface area contributed by atoms with Crippen molar-refractivity contribution >= 4 is 49.0 Å². The van der Waals surface area contributed by atoms with Crippen molar-refractivity contribution in [1.82, 2.24) is 10.3 Å². The van der Waals surface area contributed by atoms with E-state index in [1.54, 1.807) is 6.92 Å². The molecule has 1 aliphatic carbocycles. The molecule has 0 saturated heterocycles. The van der Waals surface area contributed by atoms with Gasteiger partial charge in [0.1, 0.15) is 9.48 Å². The van der Waals surface area contributed by atoms with E-state index in [9.17, 15) is 18.0 Å². The number of rotatable bonds is 9. The molecular weight excluding hydrogens is 568 g/mol. The predicted molar refractivity (Wildman–Crippen MR) is 138 cm³/mol. The number of hydrogen-bond donors (Lipinski definition) is 1. The van der Waals surface area contributed by atoms with Gasteiger partial charge in [0.2, 0.25) is 14.2 Å². The molecule has 1 amide bonds. The standard InChI is InChI=1S/C25H25BrN2O6S2/c1-2-33-24(30)17-10-6-11-18(14-17)36(31,32)25-28-22(26)21(35-25)23(29)27-19-12-7-13-20(19)34-15-16-8-4-3-5-9-16/h3-6,8-11,14,19-20H,2,7,12-13,15H2,1H3,(H,27,29)/t19-,20-/m0/s1. The lowest BCUT2D eigenvalue weighted by Gasteiger charge is -2.21. The molecule has 1 heterocycles. The van der Waals surface area contributed by atoms with E-state index < -0.39 is 21.7 Å². The summed E-state index contributed by atoms with van der Waals surface area (Å²) in [5, 5.41) is 2.99. The molecule has 0 bridgehead atoms. The Balaban J connectivity index is 1.47. The first-order valence-corrected chi connectivity index (χ1v) is 14.5. The molecular formula is C25H25BrN2O6S2. The van der Waals surface area contributed by atoms with Crippen molar-refractivity contribution in [2.75, 3.05) is 6.61 Å². The van der Waals surface area contributed by atoms with Crippen LogP contribution in [0.25, 0.3) is 0 Å². The fraction of sp³-hybridized carbons (Fsp3) is 0.320. The van der Waals surface area contributed by atoms with Crippen LogP contribution in [0.1, 0.15) is 51.8 Å². The van der Waals surface area contributed by atoms with Crippen molar-refractivity contribution in [3.63, 3.8) is 0 Å². The predicted octanol–water partition coefficient (Wildman–Crippen LogP) is 4.78. The van der Waals surface area contributed by atoms with Crippen LogP contribution in [0, 0.1) is 0 Å².